The summed E-state index contributed by atoms with van der Waals surface area (Å²) in [6, 6.07) is 10.6. The predicted molar refractivity (Wildman–Crippen MR) is 99.7 cm³/mol. The third-order valence-corrected chi connectivity index (χ3v) is 5.32. The van der Waals surface area contributed by atoms with Crippen molar-refractivity contribution < 1.29 is 27.8 Å². The van der Waals surface area contributed by atoms with Crippen LogP contribution in [-0.2, 0) is 17.4 Å². The molecule has 1 aliphatic rings. The Labute approximate surface area is 166 Å². The summed E-state index contributed by atoms with van der Waals surface area (Å²) >= 11 is 6.10. The second-order valence-corrected chi connectivity index (χ2v) is 7.65. The van der Waals surface area contributed by atoms with Crippen molar-refractivity contribution in [1.82, 2.24) is 0 Å². The van der Waals surface area contributed by atoms with Gasteiger partial charge in [-0.05, 0) is 60.2 Å². The standard InChI is InChI=1S/C21H20ClF3O3/c1-12(20(26)27)7-13-3-2-4-16(8-13)28-11-14-9-17(14)18-10-15(21(23,24)25)5-6-19(18)22/h2-6,8,10,12,14,17H,7,9,11H2,1H3,(H,26,27)/t12-,14+,17-/m0/s1. The lowest BCUT2D eigenvalue weighted by atomic mass is 10.0. The summed E-state index contributed by atoms with van der Waals surface area (Å²) in [6.45, 7) is 2.01. The highest BCUT2D eigenvalue weighted by Crippen LogP contribution is 2.50. The summed E-state index contributed by atoms with van der Waals surface area (Å²) in [5.74, 6) is -0.681. The Morgan fingerprint density at radius 2 is 2.04 bits per heavy atom. The van der Waals surface area contributed by atoms with Gasteiger partial charge < -0.3 is 9.84 Å². The van der Waals surface area contributed by atoms with Crippen molar-refractivity contribution in [3.8, 4) is 5.75 Å². The lowest BCUT2D eigenvalue weighted by Gasteiger charge is -2.11. The molecule has 0 aromatic heterocycles. The number of carboxylic acid groups (broad SMARTS) is 1. The minimum Gasteiger partial charge on any atom is -0.493 e. The molecule has 0 saturated heterocycles. The van der Waals surface area contributed by atoms with Crippen molar-refractivity contribution in [2.45, 2.75) is 31.9 Å². The van der Waals surface area contributed by atoms with Gasteiger partial charge in [0.1, 0.15) is 5.75 Å². The van der Waals surface area contributed by atoms with Gasteiger partial charge in [-0.25, -0.2) is 0 Å². The Bertz CT molecular complexity index is 866. The molecule has 0 amide bonds. The maximum atomic E-state index is 12.9. The second kappa shape index (κ2) is 8.03. The molecule has 150 valence electrons. The SMILES string of the molecule is C[C@@H](Cc1cccc(OC[C@H]2C[C@@H]2c2cc(C(F)(F)F)ccc2Cl)c1)C(=O)O. The summed E-state index contributed by atoms with van der Waals surface area (Å²) in [5, 5.41) is 9.35. The topological polar surface area (TPSA) is 46.5 Å². The molecule has 1 N–H and O–H groups in total. The van der Waals surface area contributed by atoms with E-state index in [1.807, 2.05) is 6.07 Å². The molecule has 2 aromatic rings. The molecule has 0 spiro atoms. The highest BCUT2D eigenvalue weighted by atomic mass is 35.5. The molecule has 0 radical (unpaired) electrons. The van der Waals surface area contributed by atoms with Crippen LogP contribution in [0.4, 0.5) is 13.2 Å². The minimum atomic E-state index is -4.40. The van der Waals surface area contributed by atoms with Crippen LogP contribution in [0.1, 0.15) is 36.0 Å². The first kappa shape index (κ1) is 20.5. The van der Waals surface area contributed by atoms with Crippen LogP contribution < -0.4 is 4.74 Å². The van der Waals surface area contributed by atoms with E-state index in [4.69, 9.17) is 21.4 Å². The second-order valence-electron chi connectivity index (χ2n) is 7.24. The van der Waals surface area contributed by atoms with Gasteiger partial charge in [-0.2, -0.15) is 13.2 Å². The molecule has 3 atom stereocenters. The number of alkyl halides is 3. The molecule has 0 unspecified atom stereocenters. The normalized spacial score (nSPS) is 19.9. The van der Waals surface area contributed by atoms with Gasteiger partial charge in [-0.1, -0.05) is 30.7 Å². The first-order chi connectivity index (χ1) is 13.1. The lowest BCUT2D eigenvalue weighted by Crippen LogP contribution is -2.12. The van der Waals surface area contributed by atoms with Gasteiger partial charge in [-0.15, -0.1) is 0 Å². The molecule has 3 nitrogen and oxygen atoms in total. The van der Waals surface area contributed by atoms with E-state index in [0.29, 0.717) is 29.4 Å². The molecule has 2 aromatic carbocycles. The maximum Gasteiger partial charge on any atom is 0.416 e. The van der Waals surface area contributed by atoms with E-state index in [0.717, 1.165) is 24.1 Å². The van der Waals surface area contributed by atoms with Gasteiger partial charge in [0.2, 0.25) is 0 Å². The van der Waals surface area contributed by atoms with E-state index in [1.54, 1.807) is 25.1 Å². The number of hydrogen-bond donors (Lipinski definition) is 1. The van der Waals surface area contributed by atoms with Crippen LogP contribution in [0.5, 0.6) is 5.75 Å². The molecule has 7 heteroatoms. The Hall–Kier alpha value is -2.21. The highest BCUT2D eigenvalue weighted by molar-refractivity contribution is 6.31. The fourth-order valence-electron chi connectivity index (χ4n) is 3.22. The van der Waals surface area contributed by atoms with E-state index in [-0.39, 0.29) is 11.8 Å². The van der Waals surface area contributed by atoms with Crippen LogP contribution in [0.15, 0.2) is 42.5 Å². The average molecular weight is 413 g/mol. The van der Waals surface area contributed by atoms with Crippen molar-refractivity contribution >= 4 is 17.6 Å². The van der Waals surface area contributed by atoms with Crippen molar-refractivity contribution in [2.24, 2.45) is 11.8 Å². The Kier molecular flexibility index (Phi) is 5.89. The number of rotatable bonds is 7. The van der Waals surface area contributed by atoms with Crippen LogP contribution in [0.2, 0.25) is 5.02 Å². The number of carboxylic acids is 1. The van der Waals surface area contributed by atoms with Gasteiger partial charge in [0.25, 0.3) is 0 Å². The molecular formula is C21H20ClF3O3. The molecule has 0 aliphatic heterocycles. The molecule has 0 bridgehead atoms. The van der Waals surface area contributed by atoms with Crippen molar-refractivity contribution in [3.63, 3.8) is 0 Å². The average Bonchev–Trinajstić information content (AvgIpc) is 3.39. The van der Waals surface area contributed by atoms with E-state index in [2.05, 4.69) is 0 Å². The van der Waals surface area contributed by atoms with Crippen LogP contribution >= 0.6 is 11.6 Å². The van der Waals surface area contributed by atoms with Crippen LogP contribution in [-0.4, -0.2) is 17.7 Å². The number of halogens is 4. The van der Waals surface area contributed by atoms with Gasteiger partial charge in [0, 0.05) is 10.9 Å². The van der Waals surface area contributed by atoms with Gasteiger partial charge in [0.05, 0.1) is 18.1 Å². The minimum absolute atomic E-state index is 0.0509. The Morgan fingerprint density at radius 1 is 1.29 bits per heavy atom. The summed E-state index contributed by atoms with van der Waals surface area (Å²) in [4.78, 5) is 11.0. The van der Waals surface area contributed by atoms with Crippen molar-refractivity contribution in [2.75, 3.05) is 6.61 Å². The monoisotopic (exact) mass is 412 g/mol. The zero-order valence-corrected chi connectivity index (χ0v) is 15.9. The van der Waals surface area contributed by atoms with Crippen molar-refractivity contribution in [1.29, 1.82) is 0 Å². The zero-order chi connectivity index (χ0) is 20.5. The van der Waals surface area contributed by atoms with Gasteiger partial charge >= 0.3 is 12.1 Å². The van der Waals surface area contributed by atoms with Gasteiger partial charge in [-0.3, -0.25) is 4.79 Å². The lowest BCUT2D eigenvalue weighted by molar-refractivity contribution is -0.141. The van der Waals surface area contributed by atoms with Gasteiger partial charge in [0.15, 0.2) is 0 Å². The molecule has 0 heterocycles. The summed E-state index contributed by atoms with van der Waals surface area (Å²) < 4.78 is 44.6. The Balaban J connectivity index is 1.60. The fraction of sp³-hybridized carbons (Fsp3) is 0.381. The molecular weight excluding hydrogens is 393 g/mol. The fourth-order valence-corrected chi connectivity index (χ4v) is 3.48. The number of aliphatic carboxylic acids is 1. The van der Waals surface area contributed by atoms with Crippen LogP contribution in [0, 0.1) is 11.8 Å². The highest BCUT2D eigenvalue weighted by Gasteiger charge is 2.41. The number of ether oxygens (including phenoxy) is 1. The smallest absolute Gasteiger partial charge is 0.416 e. The van der Waals surface area contributed by atoms with Crippen LogP contribution in [0.25, 0.3) is 0 Å². The number of benzene rings is 2. The molecule has 1 aliphatic carbocycles. The molecule has 3 rings (SSSR count). The number of hydrogen-bond acceptors (Lipinski definition) is 2. The zero-order valence-electron chi connectivity index (χ0n) is 15.2. The maximum absolute atomic E-state index is 12.9. The summed E-state index contributed by atoms with van der Waals surface area (Å²) in [5.41, 5.74) is 0.675. The molecule has 1 saturated carbocycles. The summed E-state index contributed by atoms with van der Waals surface area (Å²) in [6.07, 6.45) is -3.27. The number of carbonyl (C=O) groups is 1. The van der Waals surface area contributed by atoms with E-state index in [9.17, 15) is 18.0 Å². The quantitative estimate of drug-likeness (QED) is 0.624. The van der Waals surface area contributed by atoms with Crippen molar-refractivity contribution in [3.05, 3.63) is 64.2 Å². The van der Waals surface area contributed by atoms with Crippen LogP contribution in [0.3, 0.4) is 0 Å². The van der Waals surface area contributed by atoms with E-state index >= 15 is 0 Å². The van der Waals surface area contributed by atoms with E-state index in [1.165, 1.54) is 6.07 Å². The van der Waals surface area contributed by atoms with E-state index < -0.39 is 23.6 Å². The molecule has 28 heavy (non-hydrogen) atoms. The molecule has 1 fully saturated rings. The predicted octanol–water partition coefficient (Wildman–Crippen LogP) is 5.80. The third kappa shape index (κ3) is 4.98. The third-order valence-electron chi connectivity index (χ3n) is 4.97. The Morgan fingerprint density at radius 3 is 2.71 bits per heavy atom. The largest absolute Gasteiger partial charge is 0.493 e. The first-order valence-electron chi connectivity index (χ1n) is 8.96. The summed E-state index contributed by atoms with van der Waals surface area (Å²) in [7, 11) is 0. The first-order valence-corrected chi connectivity index (χ1v) is 9.34.